The van der Waals surface area contributed by atoms with Crippen LogP contribution in [-0.4, -0.2) is 25.0 Å². The number of rotatable bonds is 3. The predicted octanol–water partition coefficient (Wildman–Crippen LogP) is 3.38. The Morgan fingerprint density at radius 1 is 1.31 bits per heavy atom. The van der Waals surface area contributed by atoms with Gasteiger partial charge in [0, 0.05) is 41.8 Å². The maximum Gasteiger partial charge on any atom is 0.237 e. The Hall–Kier alpha value is -2.68. The molecule has 2 aromatic heterocycles. The summed E-state index contributed by atoms with van der Waals surface area (Å²) in [6, 6.07) is 1.69. The standard InChI is InChI=1S/C17H13F3N4OS/c18-10-1-2-11(19)16(20)15(10)9-5-13-12(22-17(26)24(13)7-9)6-14(25)23-4-3-21-8-23/h1-4,8-9H,5-7H2,(H,22,26)/t9-/m0/s1. The second-order valence-electron chi connectivity index (χ2n) is 6.16. The number of carbonyl (C=O) groups excluding carboxylic acids is 1. The highest BCUT2D eigenvalue weighted by Gasteiger charge is 2.32. The van der Waals surface area contributed by atoms with Crippen LogP contribution in [-0.2, 0) is 19.4 Å². The van der Waals surface area contributed by atoms with Crippen molar-refractivity contribution in [3.05, 3.63) is 70.0 Å². The number of H-pyrrole nitrogens is 1. The van der Waals surface area contributed by atoms with E-state index in [1.165, 1.54) is 23.3 Å². The van der Waals surface area contributed by atoms with Gasteiger partial charge in [0.1, 0.15) is 12.1 Å². The van der Waals surface area contributed by atoms with Gasteiger partial charge in [0.15, 0.2) is 16.4 Å². The van der Waals surface area contributed by atoms with Crippen molar-refractivity contribution in [2.24, 2.45) is 0 Å². The summed E-state index contributed by atoms with van der Waals surface area (Å²) < 4.78 is 45.2. The zero-order valence-corrected chi connectivity index (χ0v) is 14.2. The lowest BCUT2D eigenvalue weighted by Gasteiger charge is -2.12. The molecule has 3 heterocycles. The number of halogens is 3. The average molecular weight is 378 g/mol. The molecule has 0 fully saturated rings. The number of nitrogens with zero attached hydrogens (tertiary/aromatic N) is 3. The molecule has 9 heteroatoms. The van der Waals surface area contributed by atoms with Gasteiger partial charge >= 0.3 is 0 Å². The molecule has 1 aliphatic rings. The monoisotopic (exact) mass is 378 g/mol. The van der Waals surface area contributed by atoms with Gasteiger partial charge in [-0.1, -0.05) is 0 Å². The summed E-state index contributed by atoms with van der Waals surface area (Å²) in [6.07, 6.45) is 4.73. The third-order valence-electron chi connectivity index (χ3n) is 4.63. The fourth-order valence-electron chi connectivity index (χ4n) is 3.40. The summed E-state index contributed by atoms with van der Waals surface area (Å²) in [5.74, 6) is -3.84. The van der Waals surface area contributed by atoms with Gasteiger partial charge in [0.25, 0.3) is 0 Å². The molecule has 5 nitrogen and oxygen atoms in total. The van der Waals surface area contributed by atoms with Gasteiger partial charge in [-0.05, 0) is 30.8 Å². The Bertz CT molecular complexity index is 1050. The summed E-state index contributed by atoms with van der Waals surface area (Å²) in [5.41, 5.74) is 1.01. The van der Waals surface area contributed by atoms with Crippen molar-refractivity contribution < 1.29 is 18.0 Å². The summed E-state index contributed by atoms with van der Waals surface area (Å²) in [5, 5.41) is 0. The smallest absolute Gasteiger partial charge is 0.237 e. The molecule has 0 saturated heterocycles. The second kappa shape index (κ2) is 6.24. The summed E-state index contributed by atoms with van der Waals surface area (Å²) in [7, 11) is 0. The van der Waals surface area contributed by atoms with Crippen molar-refractivity contribution >= 4 is 18.1 Å². The molecule has 1 aromatic carbocycles. The van der Waals surface area contributed by atoms with E-state index in [2.05, 4.69) is 9.97 Å². The van der Waals surface area contributed by atoms with Crippen LogP contribution in [0.25, 0.3) is 0 Å². The molecule has 3 aromatic rings. The SMILES string of the molecule is O=C(Cc1[nH]c(=S)n2c1C[C@H](c1c(F)ccc(F)c1F)C2)n1ccnc1. The lowest BCUT2D eigenvalue weighted by Crippen LogP contribution is -2.13. The van der Waals surface area contributed by atoms with Gasteiger partial charge < -0.3 is 9.55 Å². The first kappa shape index (κ1) is 16.8. The van der Waals surface area contributed by atoms with Crippen molar-refractivity contribution in [3.63, 3.8) is 0 Å². The molecule has 0 bridgehead atoms. The van der Waals surface area contributed by atoms with Gasteiger partial charge in [-0.2, -0.15) is 0 Å². The Morgan fingerprint density at radius 3 is 2.81 bits per heavy atom. The van der Waals surface area contributed by atoms with E-state index in [1.807, 2.05) is 0 Å². The van der Waals surface area contributed by atoms with Crippen LogP contribution in [0.15, 0.2) is 30.9 Å². The first-order valence-electron chi connectivity index (χ1n) is 7.90. The van der Waals surface area contributed by atoms with Crippen LogP contribution in [0.3, 0.4) is 0 Å². The van der Waals surface area contributed by atoms with Crippen LogP contribution in [0, 0.1) is 22.2 Å². The van der Waals surface area contributed by atoms with Crippen molar-refractivity contribution in [1.29, 1.82) is 0 Å². The van der Waals surface area contributed by atoms with Crippen molar-refractivity contribution in [2.45, 2.75) is 25.3 Å². The Labute approximate surface area is 151 Å². The zero-order chi connectivity index (χ0) is 18.4. The molecule has 1 atom stereocenters. The normalized spacial score (nSPS) is 16.0. The number of fused-ring (bicyclic) bond motifs is 1. The highest BCUT2D eigenvalue weighted by Crippen LogP contribution is 2.35. The number of aromatic amines is 1. The van der Waals surface area contributed by atoms with Gasteiger partial charge in [-0.15, -0.1) is 0 Å². The first-order valence-corrected chi connectivity index (χ1v) is 8.31. The number of carbonyl (C=O) groups is 1. The average Bonchev–Trinajstić information content (AvgIpc) is 3.31. The van der Waals surface area contributed by atoms with Gasteiger partial charge in [-0.3, -0.25) is 9.36 Å². The van der Waals surface area contributed by atoms with E-state index in [-0.39, 0.29) is 30.9 Å². The fraction of sp³-hybridized carbons (Fsp3) is 0.235. The lowest BCUT2D eigenvalue weighted by molar-refractivity contribution is 0.0912. The molecule has 4 rings (SSSR count). The summed E-state index contributed by atoms with van der Waals surface area (Å²) >= 11 is 5.26. The van der Waals surface area contributed by atoms with Crippen LogP contribution in [0.5, 0.6) is 0 Å². The molecule has 0 spiro atoms. The highest BCUT2D eigenvalue weighted by atomic mass is 32.1. The molecule has 1 aliphatic heterocycles. The number of aromatic nitrogens is 4. The topological polar surface area (TPSA) is 55.6 Å². The molecule has 26 heavy (non-hydrogen) atoms. The summed E-state index contributed by atoms with van der Waals surface area (Å²) in [6.45, 7) is 0.223. The number of hydrogen-bond acceptors (Lipinski definition) is 3. The fourth-order valence-corrected chi connectivity index (χ4v) is 3.71. The number of benzene rings is 1. The van der Waals surface area contributed by atoms with E-state index in [4.69, 9.17) is 12.2 Å². The van der Waals surface area contributed by atoms with Crippen LogP contribution < -0.4 is 0 Å². The Kier molecular flexibility index (Phi) is 4.03. The van der Waals surface area contributed by atoms with E-state index >= 15 is 0 Å². The number of imidazole rings is 2. The maximum absolute atomic E-state index is 14.1. The highest BCUT2D eigenvalue weighted by molar-refractivity contribution is 7.71. The Morgan fingerprint density at radius 2 is 2.08 bits per heavy atom. The quantitative estimate of drug-likeness (QED) is 0.562. The van der Waals surface area contributed by atoms with E-state index in [0.29, 0.717) is 16.2 Å². The zero-order valence-electron chi connectivity index (χ0n) is 13.4. The second-order valence-corrected chi connectivity index (χ2v) is 6.55. The minimum Gasteiger partial charge on any atom is -0.334 e. The molecule has 0 amide bonds. The number of nitrogens with one attached hydrogen (secondary N) is 1. The lowest BCUT2D eigenvalue weighted by atomic mass is 9.95. The minimum absolute atomic E-state index is 0.0448. The van der Waals surface area contributed by atoms with E-state index in [1.54, 1.807) is 4.57 Å². The van der Waals surface area contributed by atoms with E-state index in [9.17, 15) is 18.0 Å². The molecule has 0 aliphatic carbocycles. The van der Waals surface area contributed by atoms with Crippen molar-refractivity contribution in [1.82, 2.24) is 19.1 Å². The molecular formula is C17H13F3N4OS. The molecule has 0 saturated carbocycles. The minimum atomic E-state index is -1.17. The largest absolute Gasteiger partial charge is 0.334 e. The molecular weight excluding hydrogens is 365 g/mol. The number of hydrogen-bond donors (Lipinski definition) is 1. The van der Waals surface area contributed by atoms with E-state index in [0.717, 1.165) is 12.1 Å². The third kappa shape index (κ3) is 2.68. The molecule has 1 N–H and O–H groups in total. The molecule has 0 unspecified atom stereocenters. The van der Waals surface area contributed by atoms with Crippen LogP contribution >= 0.6 is 12.2 Å². The van der Waals surface area contributed by atoms with Crippen LogP contribution in [0.1, 0.15) is 27.7 Å². The van der Waals surface area contributed by atoms with Gasteiger partial charge in [0.2, 0.25) is 5.91 Å². The van der Waals surface area contributed by atoms with Gasteiger partial charge in [-0.25, -0.2) is 18.2 Å². The molecule has 0 radical (unpaired) electrons. The third-order valence-corrected chi connectivity index (χ3v) is 4.95. The first-order chi connectivity index (χ1) is 12.5. The summed E-state index contributed by atoms with van der Waals surface area (Å²) in [4.78, 5) is 19.1. The predicted molar refractivity (Wildman–Crippen MR) is 88.9 cm³/mol. The van der Waals surface area contributed by atoms with Gasteiger partial charge in [0.05, 0.1) is 6.42 Å². The Balaban J connectivity index is 1.65. The maximum atomic E-state index is 14.1. The van der Waals surface area contributed by atoms with Crippen molar-refractivity contribution in [2.75, 3.05) is 0 Å². The van der Waals surface area contributed by atoms with Crippen LogP contribution in [0.4, 0.5) is 13.2 Å². The molecule has 134 valence electrons. The van der Waals surface area contributed by atoms with E-state index < -0.39 is 23.4 Å². The van der Waals surface area contributed by atoms with Crippen molar-refractivity contribution in [3.8, 4) is 0 Å². The van der Waals surface area contributed by atoms with Crippen LogP contribution in [0.2, 0.25) is 0 Å².